The second-order valence-corrected chi connectivity index (χ2v) is 5.83. The van der Waals surface area contributed by atoms with Crippen LogP contribution in [0.15, 0.2) is 0 Å². The van der Waals surface area contributed by atoms with Crippen molar-refractivity contribution in [1.82, 2.24) is 0 Å². The van der Waals surface area contributed by atoms with Crippen molar-refractivity contribution in [2.24, 2.45) is 5.92 Å². The lowest BCUT2D eigenvalue weighted by Crippen LogP contribution is -2.30. The molecule has 1 aliphatic heterocycles. The molecule has 0 aromatic heterocycles. The van der Waals surface area contributed by atoms with Gasteiger partial charge in [-0.2, -0.15) is 11.8 Å². The minimum Gasteiger partial charge on any atom is -0.374 e. The van der Waals surface area contributed by atoms with Crippen LogP contribution in [0, 0.1) is 5.92 Å². The normalized spacial score (nSPS) is 34.0. The zero-order valence-electron chi connectivity index (χ0n) is 7.97. The Bertz CT molecular complexity index is 149. The average molecular weight is 253 g/mol. The van der Waals surface area contributed by atoms with Crippen LogP contribution in [0.3, 0.4) is 0 Å². The first-order valence-electron chi connectivity index (χ1n) is 4.35. The SMILES string of the molecule is CSCCC1COC(C)(C)C1Br. The van der Waals surface area contributed by atoms with Gasteiger partial charge in [-0.3, -0.25) is 0 Å². The highest BCUT2D eigenvalue weighted by molar-refractivity contribution is 9.09. The van der Waals surface area contributed by atoms with Gasteiger partial charge in [0.2, 0.25) is 0 Å². The molecule has 0 spiro atoms. The van der Waals surface area contributed by atoms with Crippen LogP contribution in [0.2, 0.25) is 0 Å². The first-order chi connectivity index (χ1) is 5.58. The van der Waals surface area contributed by atoms with E-state index in [1.165, 1.54) is 12.2 Å². The van der Waals surface area contributed by atoms with Gasteiger partial charge >= 0.3 is 0 Å². The van der Waals surface area contributed by atoms with E-state index in [4.69, 9.17) is 4.74 Å². The van der Waals surface area contributed by atoms with Crippen LogP contribution in [0.25, 0.3) is 0 Å². The van der Waals surface area contributed by atoms with Gasteiger partial charge in [-0.25, -0.2) is 0 Å². The summed E-state index contributed by atoms with van der Waals surface area (Å²) in [4.78, 5) is 0.525. The van der Waals surface area contributed by atoms with E-state index in [0.717, 1.165) is 6.61 Å². The Hall–Kier alpha value is 0.790. The minimum atomic E-state index is 0.0308. The highest BCUT2D eigenvalue weighted by atomic mass is 79.9. The van der Waals surface area contributed by atoms with Crippen molar-refractivity contribution in [2.45, 2.75) is 30.7 Å². The molecule has 0 saturated carbocycles. The second-order valence-electron chi connectivity index (χ2n) is 3.86. The Kier molecular flexibility index (Phi) is 3.93. The van der Waals surface area contributed by atoms with Crippen molar-refractivity contribution in [3.8, 4) is 0 Å². The van der Waals surface area contributed by atoms with E-state index >= 15 is 0 Å². The van der Waals surface area contributed by atoms with Crippen molar-refractivity contribution in [3.05, 3.63) is 0 Å². The topological polar surface area (TPSA) is 9.23 Å². The van der Waals surface area contributed by atoms with Gasteiger partial charge in [0.05, 0.1) is 12.2 Å². The predicted octanol–water partition coefficient (Wildman–Crippen LogP) is 2.93. The molecule has 3 heteroatoms. The molecule has 0 aromatic rings. The Morgan fingerprint density at radius 2 is 2.25 bits per heavy atom. The lowest BCUT2D eigenvalue weighted by Gasteiger charge is -2.23. The Balaban J connectivity index is 2.39. The third-order valence-electron chi connectivity index (χ3n) is 2.44. The van der Waals surface area contributed by atoms with Crippen molar-refractivity contribution in [1.29, 1.82) is 0 Å². The van der Waals surface area contributed by atoms with Crippen LogP contribution in [0.5, 0.6) is 0 Å². The first kappa shape index (κ1) is 10.9. The molecule has 0 radical (unpaired) electrons. The second kappa shape index (κ2) is 4.34. The van der Waals surface area contributed by atoms with E-state index in [1.54, 1.807) is 0 Å². The maximum Gasteiger partial charge on any atom is 0.0754 e. The molecular formula is C9H17BrOS. The van der Waals surface area contributed by atoms with Crippen molar-refractivity contribution < 1.29 is 4.74 Å². The predicted molar refractivity (Wildman–Crippen MR) is 59.2 cm³/mol. The maximum absolute atomic E-state index is 5.71. The molecule has 1 rings (SSSR count). The fourth-order valence-electron chi connectivity index (χ4n) is 1.55. The molecule has 1 aliphatic rings. The number of halogens is 1. The summed E-state index contributed by atoms with van der Waals surface area (Å²) in [5, 5.41) is 0. The van der Waals surface area contributed by atoms with E-state index in [0.29, 0.717) is 10.7 Å². The summed E-state index contributed by atoms with van der Waals surface area (Å²) in [6.45, 7) is 5.24. The van der Waals surface area contributed by atoms with E-state index in [1.807, 2.05) is 11.8 Å². The molecule has 12 heavy (non-hydrogen) atoms. The summed E-state index contributed by atoms with van der Waals surface area (Å²) in [5.74, 6) is 1.94. The molecule has 0 aromatic carbocycles. The molecular weight excluding hydrogens is 236 g/mol. The summed E-state index contributed by atoms with van der Waals surface area (Å²) < 4.78 is 5.71. The Morgan fingerprint density at radius 3 is 2.67 bits per heavy atom. The fourth-order valence-corrected chi connectivity index (χ4v) is 2.64. The van der Waals surface area contributed by atoms with Gasteiger partial charge in [-0.1, -0.05) is 15.9 Å². The van der Waals surface area contributed by atoms with Crippen LogP contribution in [-0.2, 0) is 4.74 Å². The quantitative estimate of drug-likeness (QED) is 0.715. The van der Waals surface area contributed by atoms with Gasteiger partial charge in [0.25, 0.3) is 0 Å². The molecule has 0 aliphatic carbocycles. The van der Waals surface area contributed by atoms with Gasteiger partial charge in [-0.05, 0) is 38.2 Å². The molecule has 2 unspecified atom stereocenters. The fraction of sp³-hybridized carbons (Fsp3) is 1.00. The molecule has 72 valence electrons. The average Bonchev–Trinajstić information content (AvgIpc) is 2.26. The van der Waals surface area contributed by atoms with Crippen LogP contribution in [0.1, 0.15) is 20.3 Å². The van der Waals surface area contributed by atoms with Crippen LogP contribution >= 0.6 is 27.7 Å². The molecule has 0 bridgehead atoms. The number of rotatable bonds is 3. The third-order valence-corrected chi connectivity index (χ3v) is 4.93. The van der Waals surface area contributed by atoms with Gasteiger partial charge in [0, 0.05) is 4.83 Å². The van der Waals surface area contributed by atoms with Gasteiger partial charge in [0.1, 0.15) is 0 Å². The summed E-state index contributed by atoms with van der Waals surface area (Å²) in [5.41, 5.74) is 0.0308. The highest BCUT2D eigenvalue weighted by Crippen LogP contribution is 2.37. The zero-order chi connectivity index (χ0) is 9.19. The number of alkyl halides is 1. The molecule has 1 fully saturated rings. The Morgan fingerprint density at radius 1 is 1.58 bits per heavy atom. The lowest BCUT2D eigenvalue weighted by molar-refractivity contribution is 0.0380. The van der Waals surface area contributed by atoms with Gasteiger partial charge < -0.3 is 4.74 Å². The van der Waals surface area contributed by atoms with E-state index in [9.17, 15) is 0 Å². The van der Waals surface area contributed by atoms with Crippen LogP contribution < -0.4 is 0 Å². The van der Waals surface area contributed by atoms with Crippen molar-refractivity contribution in [3.63, 3.8) is 0 Å². The zero-order valence-corrected chi connectivity index (χ0v) is 10.4. The summed E-state index contributed by atoms with van der Waals surface area (Å²) in [6.07, 6.45) is 3.42. The summed E-state index contributed by atoms with van der Waals surface area (Å²) in [7, 11) is 0. The minimum absolute atomic E-state index is 0.0308. The van der Waals surface area contributed by atoms with E-state index in [2.05, 4.69) is 36.0 Å². The van der Waals surface area contributed by atoms with E-state index < -0.39 is 0 Å². The molecule has 1 saturated heterocycles. The van der Waals surface area contributed by atoms with Crippen LogP contribution in [-0.4, -0.2) is 29.0 Å². The van der Waals surface area contributed by atoms with E-state index in [-0.39, 0.29) is 5.60 Å². The van der Waals surface area contributed by atoms with Crippen molar-refractivity contribution >= 4 is 27.7 Å². The molecule has 0 amide bonds. The molecule has 0 N–H and O–H groups in total. The standard InChI is InChI=1S/C9H17BrOS/c1-9(2)8(10)7(6-11-9)4-5-12-3/h7-8H,4-6H2,1-3H3. The molecule has 2 atom stereocenters. The van der Waals surface area contributed by atoms with Crippen molar-refractivity contribution in [2.75, 3.05) is 18.6 Å². The number of hydrogen-bond donors (Lipinski definition) is 0. The van der Waals surface area contributed by atoms with Gasteiger partial charge in [0.15, 0.2) is 0 Å². The van der Waals surface area contributed by atoms with Crippen LogP contribution in [0.4, 0.5) is 0 Å². The summed E-state index contributed by atoms with van der Waals surface area (Å²) >= 11 is 5.64. The molecule has 1 nitrogen and oxygen atoms in total. The Labute approximate surface area is 87.8 Å². The smallest absolute Gasteiger partial charge is 0.0754 e. The summed E-state index contributed by atoms with van der Waals surface area (Å²) in [6, 6.07) is 0. The number of hydrogen-bond acceptors (Lipinski definition) is 2. The molecule has 1 heterocycles. The number of thioether (sulfide) groups is 1. The highest BCUT2D eigenvalue weighted by Gasteiger charge is 2.40. The monoisotopic (exact) mass is 252 g/mol. The number of ether oxygens (including phenoxy) is 1. The lowest BCUT2D eigenvalue weighted by atomic mass is 9.96. The largest absolute Gasteiger partial charge is 0.374 e. The van der Waals surface area contributed by atoms with Gasteiger partial charge in [-0.15, -0.1) is 0 Å². The maximum atomic E-state index is 5.71. The first-order valence-corrected chi connectivity index (χ1v) is 6.66. The third kappa shape index (κ3) is 2.39.